The van der Waals surface area contributed by atoms with Crippen LogP contribution in [-0.4, -0.2) is 7.11 Å². The average Bonchev–Trinajstić information content (AvgIpc) is 2.93. The third-order valence-electron chi connectivity index (χ3n) is 2.98. The van der Waals surface area contributed by atoms with Gasteiger partial charge in [0.25, 0.3) is 0 Å². The van der Waals surface area contributed by atoms with Crippen molar-refractivity contribution in [3.05, 3.63) is 51.7 Å². The van der Waals surface area contributed by atoms with Gasteiger partial charge in [0.05, 0.1) is 12.7 Å². The van der Waals surface area contributed by atoms with Crippen LogP contribution in [-0.2, 0) is 6.54 Å². The van der Waals surface area contributed by atoms with E-state index in [2.05, 4.69) is 30.4 Å². The van der Waals surface area contributed by atoms with Crippen LogP contribution in [0.3, 0.4) is 0 Å². The highest BCUT2D eigenvalue weighted by molar-refractivity contribution is 7.10. The van der Waals surface area contributed by atoms with Gasteiger partial charge in [-0.1, -0.05) is 12.1 Å². The first kappa shape index (κ1) is 13.6. The molecule has 19 heavy (non-hydrogen) atoms. The Balaban J connectivity index is 1.93. The molecule has 4 heteroatoms. The van der Waals surface area contributed by atoms with Crippen LogP contribution < -0.4 is 10.1 Å². The molecule has 98 valence electrons. The van der Waals surface area contributed by atoms with Crippen molar-refractivity contribution in [2.45, 2.75) is 19.5 Å². The second-order valence-corrected chi connectivity index (χ2v) is 5.29. The van der Waals surface area contributed by atoms with Gasteiger partial charge in [-0.05, 0) is 30.7 Å². The summed E-state index contributed by atoms with van der Waals surface area (Å²) in [6.45, 7) is 2.90. The lowest BCUT2D eigenvalue weighted by Crippen LogP contribution is -2.17. The zero-order valence-electron chi connectivity index (χ0n) is 11.0. The molecule has 0 saturated carbocycles. The van der Waals surface area contributed by atoms with Crippen molar-refractivity contribution in [2.24, 2.45) is 0 Å². The molecule has 1 atom stereocenters. The Kier molecular flexibility index (Phi) is 4.56. The van der Waals surface area contributed by atoms with Crippen LogP contribution in [0.25, 0.3) is 0 Å². The molecule has 1 N–H and O–H groups in total. The Labute approximate surface area is 117 Å². The summed E-state index contributed by atoms with van der Waals surface area (Å²) in [6.07, 6.45) is 0. The number of hydrogen-bond acceptors (Lipinski definition) is 4. The van der Waals surface area contributed by atoms with Gasteiger partial charge in [-0.25, -0.2) is 0 Å². The Morgan fingerprint density at radius 2 is 2.11 bits per heavy atom. The second kappa shape index (κ2) is 6.37. The molecule has 0 fully saturated rings. The summed E-state index contributed by atoms with van der Waals surface area (Å²) in [5.41, 5.74) is 1.96. The van der Waals surface area contributed by atoms with Crippen molar-refractivity contribution >= 4 is 11.3 Å². The molecule has 1 aromatic heterocycles. The molecule has 0 aliphatic carbocycles. The number of nitriles is 1. The molecule has 1 aromatic carbocycles. The van der Waals surface area contributed by atoms with E-state index < -0.39 is 0 Å². The summed E-state index contributed by atoms with van der Waals surface area (Å²) in [5, 5.41) is 14.1. The molecule has 2 aromatic rings. The normalized spacial score (nSPS) is 11.8. The van der Waals surface area contributed by atoms with Gasteiger partial charge in [-0.3, -0.25) is 0 Å². The Hall–Kier alpha value is -1.83. The zero-order valence-corrected chi connectivity index (χ0v) is 11.8. The number of nitrogens with zero attached hydrogens (tertiary/aromatic N) is 1. The number of ether oxygens (including phenoxy) is 1. The van der Waals surface area contributed by atoms with Crippen LogP contribution >= 0.6 is 11.3 Å². The Bertz CT molecular complexity index is 569. The van der Waals surface area contributed by atoms with Crippen molar-refractivity contribution in [2.75, 3.05) is 7.11 Å². The molecule has 0 aliphatic rings. The van der Waals surface area contributed by atoms with E-state index in [1.54, 1.807) is 18.4 Å². The van der Waals surface area contributed by atoms with Gasteiger partial charge in [0, 0.05) is 22.8 Å². The zero-order chi connectivity index (χ0) is 13.7. The monoisotopic (exact) mass is 272 g/mol. The lowest BCUT2D eigenvalue weighted by molar-refractivity contribution is 0.414. The molecule has 0 aliphatic heterocycles. The number of methoxy groups -OCH3 is 1. The first-order valence-corrected chi connectivity index (χ1v) is 6.95. The highest BCUT2D eigenvalue weighted by Crippen LogP contribution is 2.19. The molecule has 0 amide bonds. The highest BCUT2D eigenvalue weighted by atomic mass is 32.1. The first-order chi connectivity index (χ1) is 9.22. The molecule has 0 spiro atoms. The summed E-state index contributed by atoms with van der Waals surface area (Å²) < 4.78 is 5.14. The smallest absolute Gasteiger partial charge is 0.118 e. The van der Waals surface area contributed by atoms with Crippen LogP contribution in [0, 0.1) is 11.3 Å². The van der Waals surface area contributed by atoms with Crippen LogP contribution in [0.5, 0.6) is 5.75 Å². The fourth-order valence-electron chi connectivity index (χ4n) is 1.80. The van der Waals surface area contributed by atoms with Crippen LogP contribution in [0.4, 0.5) is 0 Å². The minimum Gasteiger partial charge on any atom is -0.497 e. The van der Waals surface area contributed by atoms with Crippen LogP contribution in [0.15, 0.2) is 35.7 Å². The van der Waals surface area contributed by atoms with E-state index in [9.17, 15) is 0 Å². The van der Waals surface area contributed by atoms with E-state index in [0.717, 1.165) is 17.9 Å². The number of thiophene rings is 1. The maximum absolute atomic E-state index is 8.78. The first-order valence-electron chi connectivity index (χ1n) is 6.08. The summed E-state index contributed by atoms with van der Waals surface area (Å²) in [4.78, 5) is 1.18. The Morgan fingerprint density at radius 1 is 1.37 bits per heavy atom. The molecule has 3 nitrogen and oxygen atoms in total. The van der Waals surface area contributed by atoms with Crippen molar-refractivity contribution < 1.29 is 4.74 Å². The molecule has 0 bridgehead atoms. The predicted molar refractivity (Wildman–Crippen MR) is 77.3 cm³/mol. The van der Waals surface area contributed by atoms with Gasteiger partial charge < -0.3 is 10.1 Å². The van der Waals surface area contributed by atoms with Crippen molar-refractivity contribution in [1.82, 2.24) is 5.32 Å². The molecule has 1 heterocycles. The van der Waals surface area contributed by atoms with Gasteiger partial charge in [-0.2, -0.15) is 5.26 Å². The lowest BCUT2D eigenvalue weighted by Gasteiger charge is -2.14. The number of rotatable bonds is 5. The van der Waals surface area contributed by atoms with Gasteiger partial charge >= 0.3 is 0 Å². The summed E-state index contributed by atoms with van der Waals surface area (Å²) in [5.74, 6) is 0.868. The van der Waals surface area contributed by atoms with E-state index in [-0.39, 0.29) is 6.04 Å². The minimum atomic E-state index is 0.263. The van der Waals surface area contributed by atoms with Crippen molar-refractivity contribution in [3.63, 3.8) is 0 Å². The SMILES string of the molecule is COc1ccc(C(C)NCc2cc(C#N)cs2)cc1. The van der Waals surface area contributed by atoms with E-state index in [0.29, 0.717) is 0 Å². The van der Waals surface area contributed by atoms with E-state index in [1.165, 1.54) is 10.4 Å². The number of nitrogens with one attached hydrogen (secondary N) is 1. The fourth-order valence-corrected chi connectivity index (χ4v) is 2.56. The maximum atomic E-state index is 8.78. The van der Waals surface area contributed by atoms with Gasteiger partial charge in [0.15, 0.2) is 0 Å². The lowest BCUT2D eigenvalue weighted by atomic mass is 10.1. The molecule has 0 radical (unpaired) electrons. The molecular weight excluding hydrogens is 256 g/mol. The molecule has 1 unspecified atom stereocenters. The topological polar surface area (TPSA) is 45.0 Å². The fraction of sp³-hybridized carbons (Fsp3) is 0.267. The highest BCUT2D eigenvalue weighted by Gasteiger charge is 2.06. The second-order valence-electron chi connectivity index (χ2n) is 4.29. The Morgan fingerprint density at radius 3 is 2.68 bits per heavy atom. The quantitative estimate of drug-likeness (QED) is 0.906. The van der Waals surface area contributed by atoms with Gasteiger partial charge in [0.2, 0.25) is 0 Å². The summed E-state index contributed by atoms with van der Waals surface area (Å²) in [6, 6.07) is 12.4. The third-order valence-corrected chi connectivity index (χ3v) is 3.92. The molecule has 2 rings (SSSR count). The molecular formula is C15H16N2OS. The minimum absolute atomic E-state index is 0.263. The van der Waals surface area contributed by atoms with Crippen LogP contribution in [0.1, 0.15) is 29.0 Å². The van der Waals surface area contributed by atoms with E-state index in [4.69, 9.17) is 10.00 Å². The average molecular weight is 272 g/mol. The van der Waals surface area contributed by atoms with Crippen molar-refractivity contribution in [3.8, 4) is 11.8 Å². The number of benzene rings is 1. The molecule has 0 saturated heterocycles. The predicted octanol–water partition coefficient (Wildman–Crippen LogP) is 3.48. The number of hydrogen-bond donors (Lipinski definition) is 1. The van der Waals surface area contributed by atoms with E-state index in [1.807, 2.05) is 23.6 Å². The van der Waals surface area contributed by atoms with Gasteiger partial charge in [-0.15, -0.1) is 11.3 Å². The third kappa shape index (κ3) is 3.57. The van der Waals surface area contributed by atoms with Crippen molar-refractivity contribution in [1.29, 1.82) is 5.26 Å². The van der Waals surface area contributed by atoms with Gasteiger partial charge in [0.1, 0.15) is 11.8 Å². The van der Waals surface area contributed by atoms with E-state index >= 15 is 0 Å². The standard InChI is InChI=1S/C15H16N2OS/c1-11(13-3-5-14(18-2)6-4-13)17-9-15-7-12(8-16)10-19-15/h3-7,10-11,17H,9H2,1-2H3. The van der Waals surface area contributed by atoms with Crippen LogP contribution in [0.2, 0.25) is 0 Å². The summed E-state index contributed by atoms with van der Waals surface area (Å²) in [7, 11) is 1.67. The summed E-state index contributed by atoms with van der Waals surface area (Å²) >= 11 is 1.61. The largest absolute Gasteiger partial charge is 0.497 e. The maximum Gasteiger partial charge on any atom is 0.118 e.